The minimum Gasteiger partial charge on any atom is -0.497 e. The fourth-order valence-electron chi connectivity index (χ4n) is 3.29. The van der Waals surface area contributed by atoms with Gasteiger partial charge >= 0.3 is 0 Å². The molecule has 2 atom stereocenters. The molecule has 1 saturated carbocycles. The number of hydrogen-bond acceptors (Lipinski definition) is 2. The Balaban J connectivity index is 2.22. The van der Waals surface area contributed by atoms with Crippen molar-refractivity contribution < 1.29 is 14.2 Å². The molecule has 2 unspecified atom stereocenters. The molecule has 0 heterocycles. The van der Waals surface area contributed by atoms with E-state index < -0.39 is 5.60 Å². The van der Waals surface area contributed by atoms with E-state index in [4.69, 9.17) is 4.74 Å². The summed E-state index contributed by atoms with van der Waals surface area (Å²) in [7, 11) is 1.52. The molecular formula is C17H25FO2. The monoisotopic (exact) mass is 280 g/mol. The quantitative estimate of drug-likeness (QED) is 0.838. The van der Waals surface area contributed by atoms with Crippen LogP contribution in [0.25, 0.3) is 0 Å². The zero-order chi connectivity index (χ0) is 14.8. The van der Waals surface area contributed by atoms with Crippen molar-refractivity contribution in [3.63, 3.8) is 0 Å². The molecule has 112 valence electrons. The predicted molar refractivity (Wildman–Crippen MR) is 78.3 cm³/mol. The summed E-state index contributed by atoms with van der Waals surface area (Å²) in [5.41, 5.74) is -0.609. The van der Waals surface area contributed by atoms with Gasteiger partial charge in [0.05, 0.1) is 12.7 Å². The Morgan fingerprint density at radius 1 is 1.30 bits per heavy atom. The van der Waals surface area contributed by atoms with Gasteiger partial charge in [0, 0.05) is 11.6 Å². The number of rotatable bonds is 3. The van der Waals surface area contributed by atoms with Crippen molar-refractivity contribution in [1.82, 2.24) is 0 Å². The van der Waals surface area contributed by atoms with Gasteiger partial charge in [-0.25, -0.2) is 4.39 Å². The van der Waals surface area contributed by atoms with E-state index in [1.165, 1.54) is 13.2 Å². The Morgan fingerprint density at radius 3 is 2.65 bits per heavy atom. The highest BCUT2D eigenvalue weighted by Gasteiger charge is 2.35. The lowest BCUT2D eigenvalue weighted by atomic mass is 9.84. The minimum atomic E-state index is -1.03. The third-order valence-electron chi connectivity index (χ3n) is 4.71. The van der Waals surface area contributed by atoms with E-state index in [1.54, 1.807) is 12.1 Å². The topological polar surface area (TPSA) is 29.5 Å². The van der Waals surface area contributed by atoms with Gasteiger partial charge in [-0.05, 0) is 49.7 Å². The number of benzene rings is 1. The van der Waals surface area contributed by atoms with Crippen LogP contribution in [0.3, 0.4) is 0 Å². The SMILES string of the molecule is COc1ccc(C2(O)CCCC(C(C)C)CC2)c(F)c1. The molecule has 0 amide bonds. The molecule has 1 aromatic rings. The number of ether oxygens (including phenoxy) is 1. The molecule has 0 bridgehead atoms. The summed E-state index contributed by atoms with van der Waals surface area (Å²) >= 11 is 0. The number of hydrogen-bond donors (Lipinski definition) is 1. The van der Waals surface area contributed by atoms with Gasteiger partial charge < -0.3 is 9.84 Å². The third-order valence-corrected chi connectivity index (χ3v) is 4.71. The summed E-state index contributed by atoms with van der Waals surface area (Å²) in [5, 5.41) is 10.9. The Morgan fingerprint density at radius 2 is 2.05 bits per heavy atom. The van der Waals surface area contributed by atoms with E-state index in [-0.39, 0.29) is 5.82 Å². The Kier molecular flexibility index (Phi) is 4.69. The van der Waals surface area contributed by atoms with E-state index >= 15 is 0 Å². The van der Waals surface area contributed by atoms with E-state index in [1.807, 2.05) is 0 Å². The summed E-state index contributed by atoms with van der Waals surface area (Å²) in [4.78, 5) is 0. The first-order valence-corrected chi connectivity index (χ1v) is 7.52. The van der Waals surface area contributed by atoms with Crippen molar-refractivity contribution in [2.24, 2.45) is 11.8 Å². The third kappa shape index (κ3) is 3.14. The maximum absolute atomic E-state index is 14.2. The molecule has 20 heavy (non-hydrogen) atoms. The molecule has 1 aliphatic carbocycles. The first-order chi connectivity index (χ1) is 9.46. The van der Waals surface area contributed by atoms with Crippen LogP contribution in [-0.2, 0) is 5.60 Å². The van der Waals surface area contributed by atoms with Crippen molar-refractivity contribution in [2.45, 2.75) is 51.6 Å². The van der Waals surface area contributed by atoms with Crippen LogP contribution in [0.4, 0.5) is 4.39 Å². The summed E-state index contributed by atoms with van der Waals surface area (Å²) < 4.78 is 19.2. The molecule has 1 aliphatic rings. The van der Waals surface area contributed by atoms with Crippen molar-refractivity contribution in [3.8, 4) is 5.75 Å². The highest BCUT2D eigenvalue weighted by atomic mass is 19.1. The standard InChI is InChI=1S/C17H25FO2/c1-12(2)13-5-4-9-17(19,10-8-13)15-7-6-14(20-3)11-16(15)18/h6-7,11-13,19H,4-5,8-10H2,1-3H3. The molecule has 2 rings (SSSR count). The fourth-order valence-corrected chi connectivity index (χ4v) is 3.29. The lowest BCUT2D eigenvalue weighted by Gasteiger charge is -2.28. The van der Waals surface area contributed by atoms with Crippen LogP contribution < -0.4 is 4.74 Å². The fraction of sp³-hybridized carbons (Fsp3) is 0.647. The van der Waals surface area contributed by atoms with Gasteiger partial charge in [0.2, 0.25) is 0 Å². The maximum Gasteiger partial charge on any atom is 0.132 e. The summed E-state index contributed by atoms with van der Waals surface area (Å²) in [6, 6.07) is 4.75. The van der Waals surface area contributed by atoms with Crippen molar-refractivity contribution in [1.29, 1.82) is 0 Å². The molecule has 0 saturated heterocycles. The number of aliphatic hydroxyl groups is 1. The predicted octanol–water partition coefficient (Wildman–Crippen LogP) is 4.26. The van der Waals surface area contributed by atoms with Crippen molar-refractivity contribution in [2.75, 3.05) is 7.11 Å². The van der Waals surface area contributed by atoms with Crippen LogP contribution in [0, 0.1) is 17.7 Å². The molecular weight excluding hydrogens is 255 g/mol. The second kappa shape index (κ2) is 6.13. The highest BCUT2D eigenvalue weighted by Crippen LogP contribution is 2.41. The van der Waals surface area contributed by atoms with E-state index in [9.17, 15) is 9.50 Å². The van der Waals surface area contributed by atoms with Crippen LogP contribution in [0.15, 0.2) is 18.2 Å². The maximum atomic E-state index is 14.2. The number of methoxy groups -OCH3 is 1. The van der Waals surface area contributed by atoms with Crippen LogP contribution in [0.2, 0.25) is 0 Å². The normalized spacial score (nSPS) is 27.4. The summed E-state index contributed by atoms with van der Waals surface area (Å²) in [6.07, 6.45) is 4.31. The molecule has 1 aromatic carbocycles. The molecule has 0 spiro atoms. The molecule has 0 aliphatic heterocycles. The van der Waals surface area contributed by atoms with Gasteiger partial charge in [-0.15, -0.1) is 0 Å². The second-order valence-corrected chi connectivity index (χ2v) is 6.31. The molecule has 2 nitrogen and oxygen atoms in total. The van der Waals surface area contributed by atoms with Gasteiger partial charge in [-0.1, -0.05) is 20.3 Å². The average Bonchev–Trinajstić information content (AvgIpc) is 2.61. The lowest BCUT2D eigenvalue weighted by Crippen LogP contribution is -2.26. The first kappa shape index (κ1) is 15.3. The van der Waals surface area contributed by atoms with E-state index in [2.05, 4.69) is 13.8 Å². The van der Waals surface area contributed by atoms with Gasteiger partial charge in [0.15, 0.2) is 0 Å². The lowest BCUT2D eigenvalue weighted by molar-refractivity contribution is 0.0157. The van der Waals surface area contributed by atoms with Crippen molar-refractivity contribution >= 4 is 0 Å². The zero-order valence-electron chi connectivity index (χ0n) is 12.7. The first-order valence-electron chi connectivity index (χ1n) is 7.52. The molecule has 0 radical (unpaired) electrons. The second-order valence-electron chi connectivity index (χ2n) is 6.31. The Bertz CT molecular complexity index is 458. The molecule has 1 N–H and O–H groups in total. The Hall–Kier alpha value is -1.09. The molecule has 3 heteroatoms. The van der Waals surface area contributed by atoms with Gasteiger partial charge in [0.25, 0.3) is 0 Å². The van der Waals surface area contributed by atoms with E-state index in [0.717, 1.165) is 19.3 Å². The van der Waals surface area contributed by atoms with Crippen LogP contribution in [-0.4, -0.2) is 12.2 Å². The highest BCUT2D eigenvalue weighted by molar-refractivity contribution is 5.32. The molecule has 0 aromatic heterocycles. The minimum absolute atomic E-state index is 0.366. The largest absolute Gasteiger partial charge is 0.497 e. The van der Waals surface area contributed by atoms with Crippen LogP contribution >= 0.6 is 0 Å². The van der Waals surface area contributed by atoms with Crippen LogP contribution in [0.5, 0.6) is 5.75 Å². The summed E-state index contributed by atoms with van der Waals surface area (Å²) in [5.74, 6) is 1.38. The molecule has 1 fully saturated rings. The van der Waals surface area contributed by atoms with E-state index in [0.29, 0.717) is 36.0 Å². The van der Waals surface area contributed by atoms with Crippen molar-refractivity contribution in [3.05, 3.63) is 29.6 Å². The van der Waals surface area contributed by atoms with Crippen LogP contribution in [0.1, 0.15) is 51.5 Å². The van der Waals surface area contributed by atoms with Gasteiger partial charge in [-0.3, -0.25) is 0 Å². The summed E-state index contributed by atoms with van der Waals surface area (Å²) in [6.45, 7) is 4.45. The smallest absolute Gasteiger partial charge is 0.132 e. The van der Waals surface area contributed by atoms with Gasteiger partial charge in [-0.2, -0.15) is 0 Å². The zero-order valence-corrected chi connectivity index (χ0v) is 12.7. The van der Waals surface area contributed by atoms with Gasteiger partial charge in [0.1, 0.15) is 11.6 Å². The average molecular weight is 280 g/mol. The number of halogens is 1. The Labute approximate surface area is 121 Å².